The highest BCUT2D eigenvalue weighted by Crippen LogP contribution is 2.61. The molecule has 0 aliphatic heterocycles. The van der Waals surface area contributed by atoms with Crippen LogP contribution in [0.1, 0.15) is 24.0 Å². The summed E-state index contributed by atoms with van der Waals surface area (Å²) in [5, 5.41) is 0. The molecule has 1 aromatic carbocycles. The molecule has 0 spiro atoms. The largest absolute Gasteiger partial charge is 0.466 e. The molecule has 0 heterocycles. The summed E-state index contributed by atoms with van der Waals surface area (Å²) < 4.78 is 6.22. The fourth-order valence-electron chi connectivity index (χ4n) is 2.94. The quantitative estimate of drug-likeness (QED) is 0.779. The number of hydrogen-bond acceptors (Lipinski definition) is 2. The van der Waals surface area contributed by atoms with Crippen LogP contribution >= 0.6 is 15.9 Å². The van der Waals surface area contributed by atoms with Crippen molar-refractivity contribution in [2.75, 3.05) is 6.61 Å². The van der Waals surface area contributed by atoms with E-state index in [1.165, 1.54) is 11.1 Å². The number of ether oxygens (including phenoxy) is 1. The highest BCUT2D eigenvalue weighted by Gasteiger charge is 2.60. The van der Waals surface area contributed by atoms with Crippen LogP contribution in [0.2, 0.25) is 0 Å². The summed E-state index contributed by atoms with van der Waals surface area (Å²) in [5.41, 5.74) is 2.75. The van der Waals surface area contributed by atoms with Crippen molar-refractivity contribution in [2.24, 2.45) is 11.8 Å². The molecule has 3 rings (SSSR count). The smallest absolute Gasteiger partial charge is 0.309 e. The summed E-state index contributed by atoms with van der Waals surface area (Å²) in [7, 11) is 0. The Balaban J connectivity index is 1.82. The van der Waals surface area contributed by atoms with E-state index in [0.717, 1.165) is 10.9 Å². The number of halogens is 1. The lowest BCUT2D eigenvalue weighted by atomic mass is 10.0. The molecule has 84 valence electrons. The minimum Gasteiger partial charge on any atom is -0.466 e. The number of fused-ring (bicyclic) bond motifs is 3. The maximum atomic E-state index is 11.7. The van der Waals surface area contributed by atoms with Gasteiger partial charge in [0.15, 0.2) is 0 Å². The lowest BCUT2D eigenvalue weighted by Crippen LogP contribution is -2.10. The highest BCUT2D eigenvalue weighted by molar-refractivity contribution is 9.10. The fourth-order valence-corrected chi connectivity index (χ4v) is 3.35. The molecule has 0 saturated heterocycles. The fraction of sp³-hybridized carbons (Fsp3) is 0.462. The number of carbonyl (C=O) groups excluding carboxylic acids is 1. The van der Waals surface area contributed by atoms with Gasteiger partial charge in [0.25, 0.3) is 0 Å². The van der Waals surface area contributed by atoms with Gasteiger partial charge in [0, 0.05) is 10.4 Å². The van der Waals surface area contributed by atoms with Crippen LogP contribution in [-0.4, -0.2) is 12.6 Å². The minimum absolute atomic E-state index is 0.00827. The zero-order valence-electron chi connectivity index (χ0n) is 9.07. The molecular formula is C13H13BrO2. The van der Waals surface area contributed by atoms with Gasteiger partial charge in [-0.25, -0.2) is 0 Å². The van der Waals surface area contributed by atoms with Gasteiger partial charge in [-0.15, -0.1) is 0 Å². The van der Waals surface area contributed by atoms with Crippen LogP contribution in [-0.2, 0) is 16.0 Å². The van der Waals surface area contributed by atoms with Gasteiger partial charge < -0.3 is 4.74 Å². The molecule has 16 heavy (non-hydrogen) atoms. The van der Waals surface area contributed by atoms with Crippen LogP contribution < -0.4 is 0 Å². The summed E-state index contributed by atoms with van der Waals surface area (Å²) in [6, 6.07) is 6.37. The topological polar surface area (TPSA) is 26.3 Å². The number of esters is 1. The van der Waals surface area contributed by atoms with Crippen molar-refractivity contribution in [1.29, 1.82) is 0 Å². The first-order valence-corrected chi connectivity index (χ1v) is 6.46. The van der Waals surface area contributed by atoms with Crippen molar-refractivity contribution in [2.45, 2.75) is 19.3 Å². The first-order valence-electron chi connectivity index (χ1n) is 5.67. The molecule has 2 aliphatic carbocycles. The Morgan fingerprint density at radius 3 is 3.12 bits per heavy atom. The Bertz CT molecular complexity index is 455. The van der Waals surface area contributed by atoms with Crippen molar-refractivity contribution in [3.05, 3.63) is 33.8 Å². The SMILES string of the molecule is CCOC(=O)[C@@H]1[C@@H]2Cc3cc(Br)ccc3[C@@H]21. The van der Waals surface area contributed by atoms with Gasteiger partial charge in [-0.05, 0) is 42.5 Å². The van der Waals surface area contributed by atoms with Gasteiger partial charge in [-0.2, -0.15) is 0 Å². The lowest BCUT2D eigenvalue weighted by Gasteiger charge is -2.07. The van der Waals surface area contributed by atoms with E-state index in [0.29, 0.717) is 18.4 Å². The molecule has 2 nitrogen and oxygen atoms in total. The summed E-state index contributed by atoms with van der Waals surface area (Å²) in [6.07, 6.45) is 1.03. The van der Waals surface area contributed by atoms with Crippen LogP contribution in [0.5, 0.6) is 0 Å². The third-order valence-electron chi connectivity index (χ3n) is 3.65. The van der Waals surface area contributed by atoms with Crippen LogP contribution in [0.3, 0.4) is 0 Å². The maximum absolute atomic E-state index is 11.7. The molecule has 3 heteroatoms. The second kappa shape index (κ2) is 3.59. The number of carbonyl (C=O) groups is 1. The average molecular weight is 281 g/mol. The standard InChI is InChI=1S/C13H13BrO2/c1-2-16-13(15)12-10-6-7-5-8(14)3-4-9(7)11(10)12/h3-5,10-12H,2,6H2,1H3/t10-,11+,12-/m1/s1. The van der Waals surface area contributed by atoms with Gasteiger partial charge in [0.05, 0.1) is 12.5 Å². The molecule has 2 aliphatic rings. The maximum Gasteiger partial charge on any atom is 0.309 e. The Hall–Kier alpha value is -0.830. The van der Waals surface area contributed by atoms with E-state index in [1.807, 2.05) is 6.92 Å². The molecule has 0 unspecified atom stereocenters. The Labute approximate surface area is 103 Å². The molecule has 1 fully saturated rings. The van der Waals surface area contributed by atoms with E-state index in [4.69, 9.17) is 4.74 Å². The Kier molecular flexibility index (Phi) is 2.32. The molecule has 0 aromatic heterocycles. The number of benzene rings is 1. The lowest BCUT2D eigenvalue weighted by molar-refractivity contribution is -0.145. The summed E-state index contributed by atoms with van der Waals surface area (Å²) in [5.74, 6) is 1.06. The normalized spacial score (nSPS) is 29.5. The Morgan fingerprint density at radius 2 is 2.38 bits per heavy atom. The zero-order chi connectivity index (χ0) is 11.3. The molecule has 1 saturated carbocycles. The van der Waals surface area contributed by atoms with Crippen molar-refractivity contribution >= 4 is 21.9 Å². The van der Waals surface area contributed by atoms with Crippen molar-refractivity contribution in [1.82, 2.24) is 0 Å². The predicted octanol–water partition coefficient (Wildman–Crippen LogP) is 2.90. The second-order valence-electron chi connectivity index (χ2n) is 4.51. The predicted molar refractivity (Wildman–Crippen MR) is 64.2 cm³/mol. The van der Waals surface area contributed by atoms with Crippen molar-refractivity contribution < 1.29 is 9.53 Å². The van der Waals surface area contributed by atoms with Crippen LogP contribution in [0.25, 0.3) is 0 Å². The summed E-state index contributed by atoms with van der Waals surface area (Å²) >= 11 is 3.48. The first kappa shape index (κ1) is 10.3. The van der Waals surface area contributed by atoms with E-state index < -0.39 is 0 Å². The van der Waals surface area contributed by atoms with Gasteiger partial charge >= 0.3 is 5.97 Å². The average Bonchev–Trinajstić information content (AvgIpc) is 2.82. The third kappa shape index (κ3) is 1.41. The van der Waals surface area contributed by atoms with E-state index in [1.54, 1.807) is 0 Å². The Morgan fingerprint density at radius 1 is 1.56 bits per heavy atom. The molecule has 0 amide bonds. The monoisotopic (exact) mass is 280 g/mol. The van der Waals surface area contributed by atoms with Crippen LogP contribution in [0, 0.1) is 11.8 Å². The molecule has 0 N–H and O–H groups in total. The first-order chi connectivity index (χ1) is 7.72. The number of hydrogen-bond donors (Lipinski definition) is 0. The van der Waals surface area contributed by atoms with Crippen LogP contribution in [0.4, 0.5) is 0 Å². The summed E-state index contributed by atoms with van der Waals surface area (Å²) in [4.78, 5) is 11.7. The van der Waals surface area contributed by atoms with E-state index in [9.17, 15) is 4.79 Å². The summed E-state index contributed by atoms with van der Waals surface area (Å²) in [6.45, 7) is 2.35. The molecular weight excluding hydrogens is 268 g/mol. The molecule has 0 bridgehead atoms. The highest BCUT2D eigenvalue weighted by atomic mass is 79.9. The van der Waals surface area contributed by atoms with E-state index in [2.05, 4.69) is 34.1 Å². The van der Waals surface area contributed by atoms with Crippen LogP contribution in [0.15, 0.2) is 22.7 Å². The van der Waals surface area contributed by atoms with Crippen molar-refractivity contribution in [3.8, 4) is 0 Å². The van der Waals surface area contributed by atoms with E-state index in [-0.39, 0.29) is 11.9 Å². The van der Waals surface area contributed by atoms with Gasteiger partial charge in [-0.3, -0.25) is 4.79 Å². The van der Waals surface area contributed by atoms with E-state index >= 15 is 0 Å². The molecule has 0 radical (unpaired) electrons. The third-order valence-corrected chi connectivity index (χ3v) is 4.14. The molecule has 1 aromatic rings. The van der Waals surface area contributed by atoms with Gasteiger partial charge in [-0.1, -0.05) is 22.0 Å². The minimum atomic E-state index is -0.00827. The second-order valence-corrected chi connectivity index (χ2v) is 5.43. The number of rotatable bonds is 2. The molecule has 3 atom stereocenters. The van der Waals surface area contributed by atoms with Gasteiger partial charge in [0.2, 0.25) is 0 Å². The zero-order valence-corrected chi connectivity index (χ0v) is 10.7. The van der Waals surface area contributed by atoms with Crippen molar-refractivity contribution in [3.63, 3.8) is 0 Å². The van der Waals surface area contributed by atoms with Gasteiger partial charge in [0.1, 0.15) is 0 Å².